The number of thiocarbonyl (C=S) groups is 1. The molecule has 0 saturated heterocycles. The molecule has 0 aliphatic heterocycles. The van der Waals surface area contributed by atoms with Crippen molar-refractivity contribution in [3.05, 3.63) is 52.7 Å². The molecule has 2 rings (SSSR count). The third kappa shape index (κ3) is 2.97. The SMILES string of the molecule is Cc1cc(C(N)=S)cc(Oc2ccccc2Cl)n1. The maximum absolute atomic E-state index is 6.01. The molecular weight excluding hydrogens is 268 g/mol. The van der Waals surface area contributed by atoms with Gasteiger partial charge in [0.05, 0.1) is 5.02 Å². The van der Waals surface area contributed by atoms with Crippen LogP contribution in [-0.4, -0.2) is 9.97 Å². The number of nitrogens with two attached hydrogens (primary N) is 1. The summed E-state index contributed by atoms with van der Waals surface area (Å²) in [6, 6.07) is 10.7. The average molecular weight is 279 g/mol. The quantitative estimate of drug-likeness (QED) is 0.874. The van der Waals surface area contributed by atoms with Crippen molar-refractivity contribution in [3.63, 3.8) is 0 Å². The molecule has 5 heteroatoms. The normalized spacial score (nSPS) is 10.1. The zero-order valence-electron chi connectivity index (χ0n) is 9.68. The monoisotopic (exact) mass is 278 g/mol. The fraction of sp³-hybridized carbons (Fsp3) is 0.0769. The van der Waals surface area contributed by atoms with E-state index in [2.05, 4.69) is 4.98 Å². The molecule has 18 heavy (non-hydrogen) atoms. The summed E-state index contributed by atoms with van der Waals surface area (Å²) < 4.78 is 5.62. The van der Waals surface area contributed by atoms with Crippen molar-refractivity contribution >= 4 is 28.8 Å². The predicted molar refractivity (Wildman–Crippen MR) is 76.4 cm³/mol. The van der Waals surface area contributed by atoms with Gasteiger partial charge < -0.3 is 10.5 Å². The van der Waals surface area contributed by atoms with Crippen LogP contribution >= 0.6 is 23.8 Å². The summed E-state index contributed by atoms with van der Waals surface area (Å²) in [5.74, 6) is 0.969. The summed E-state index contributed by atoms with van der Waals surface area (Å²) in [6.45, 7) is 1.85. The van der Waals surface area contributed by atoms with Crippen LogP contribution in [0.1, 0.15) is 11.3 Å². The minimum atomic E-state index is 0.310. The van der Waals surface area contributed by atoms with Crippen LogP contribution in [0.3, 0.4) is 0 Å². The Bertz CT molecular complexity index is 601. The molecule has 0 atom stereocenters. The number of hydrogen-bond acceptors (Lipinski definition) is 3. The lowest BCUT2D eigenvalue weighted by Gasteiger charge is -2.08. The molecule has 1 heterocycles. The fourth-order valence-electron chi connectivity index (χ4n) is 1.47. The Hall–Kier alpha value is -1.65. The van der Waals surface area contributed by atoms with E-state index in [9.17, 15) is 0 Å². The lowest BCUT2D eigenvalue weighted by atomic mass is 10.2. The zero-order chi connectivity index (χ0) is 13.1. The standard InChI is InChI=1S/C13H11ClN2OS/c1-8-6-9(13(15)18)7-12(16-8)17-11-5-3-2-4-10(11)14/h2-7H,1H3,(H2,15,18). The van der Waals surface area contributed by atoms with E-state index in [4.69, 9.17) is 34.3 Å². The molecule has 0 unspecified atom stereocenters. The van der Waals surface area contributed by atoms with Crippen LogP contribution < -0.4 is 10.5 Å². The van der Waals surface area contributed by atoms with E-state index in [0.29, 0.717) is 21.6 Å². The molecule has 0 spiro atoms. The molecule has 2 aromatic rings. The molecule has 0 aliphatic carbocycles. The molecule has 1 aromatic heterocycles. The third-order valence-corrected chi connectivity index (χ3v) is 2.81. The van der Waals surface area contributed by atoms with Gasteiger partial charge in [-0.15, -0.1) is 0 Å². The molecule has 2 N–H and O–H groups in total. The molecule has 0 radical (unpaired) electrons. The van der Waals surface area contributed by atoms with Gasteiger partial charge in [0.2, 0.25) is 5.88 Å². The first kappa shape index (κ1) is 12.8. The van der Waals surface area contributed by atoms with Crippen molar-refractivity contribution in [2.75, 3.05) is 0 Å². The predicted octanol–water partition coefficient (Wildman–Crippen LogP) is 3.47. The summed E-state index contributed by atoms with van der Waals surface area (Å²) >= 11 is 11.0. The first-order valence-electron chi connectivity index (χ1n) is 5.27. The second-order valence-corrected chi connectivity index (χ2v) is 4.58. The second-order valence-electron chi connectivity index (χ2n) is 3.73. The molecule has 0 saturated carbocycles. The number of aromatic nitrogens is 1. The van der Waals surface area contributed by atoms with Crippen molar-refractivity contribution < 1.29 is 4.74 Å². The highest BCUT2D eigenvalue weighted by atomic mass is 35.5. The van der Waals surface area contributed by atoms with E-state index in [-0.39, 0.29) is 0 Å². The summed E-state index contributed by atoms with van der Waals surface area (Å²) in [4.78, 5) is 4.57. The molecule has 0 fully saturated rings. The molecule has 92 valence electrons. The van der Waals surface area contributed by atoms with Gasteiger partial charge in [-0.25, -0.2) is 4.98 Å². The van der Waals surface area contributed by atoms with E-state index in [1.165, 1.54) is 0 Å². The number of nitrogens with zero attached hydrogens (tertiary/aromatic N) is 1. The number of aryl methyl sites for hydroxylation is 1. The van der Waals surface area contributed by atoms with Crippen molar-refractivity contribution in [2.24, 2.45) is 5.73 Å². The number of halogens is 1. The Kier molecular flexibility index (Phi) is 3.79. The fourth-order valence-corrected chi connectivity index (χ4v) is 1.76. The minimum absolute atomic E-state index is 0.310. The topological polar surface area (TPSA) is 48.1 Å². The molecule has 0 aliphatic rings. The number of benzene rings is 1. The Morgan fingerprint density at radius 3 is 2.72 bits per heavy atom. The summed E-state index contributed by atoms with van der Waals surface area (Å²) in [7, 11) is 0. The van der Waals surface area contributed by atoms with Crippen LogP contribution in [0.2, 0.25) is 5.02 Å². The lowest BCUT2D eigenvalue weighted by Crippen LogP contribution is -2.10. The number of rotatable bonds is 3. The van der Waals surface area contributed by atoms with Crippen molar-refractivity contribution in [1.29, 1.82) is 0 Å². The smallest absolute Gasteiger partial charge is 0.220 e. The van der Waals surface area contributed by atoms with E-state index >= 15 is 0 Å². The highest BCUT2D eigenvalue weighted by molar-refractivity contribution is 7.80. The van der Waals surface area contributed by atoms with Crippen molar-refractivity contribution in [1.82, 2.24) is 4.98 Å². The van der Waals surface area contributed by atoms with Crippen molar-refractivity contribution in [3.8, 4) is 11.6 Å². The molecule has 3 nitrogen and oxygen atoms in total. The molecule has 1 aromatic carbocycles. The van der Waals surface area contributed by atoms with Gasteiger partial charge in [0, 0.05) is 17.3 Å². The average Bonchev–Trinajstić information content (AvgIpc) is 2.31. The van der Waals surface area contributed by atoms with Crippen molar-refractivity contribution in [2.45, 2.75) is 6.92 Å². The second kappa shape index (κ2) is 5.33. The maximum Gasteiger partial charge on any atom is 0.220 e. The summed E-state index contributed by atoms with van der Waals surface area (Å²) in [5, 5.41) is 0.526. The Labute approximate surface area is 116 Å². The number of pyridine rings is 1. The highest BCUT2D eigenvalue weighted by Gasteiger charge is 2.06. The van der Waals surface area contributed by atoms with Gasteiger partial charge in [0.15, 0.2) is 0 Å². The van der Waals surface area contributed by atoms with Gasteiger partial charge in [-0.3, -0.25) is 0 Å². The lowest BCUT2D eigenvalue weighted by molar-refractivity contribution is 0.462. The van der Waals surface area contributed by atoms with Gasteiger partial charge >= 0.3 is 0 Å². The van der Waals surface area contributed by atoms with Crippen LogP contribution in [0.15, 0.2) is 36.4 Å². The first-order chi connectivity index (χ1) is 8.56. The van der Waals surface area contributed by atoms with Gasteiger partial charge in [-0.1, -0.05) is 36.0 Å². The number of para-hydroxylation sites is 1. The summed E-state index contributed by atoms with van der Waals surface area (Å²) in [5.41, 5.74) is 7.10. The molecule has 0 amide bonds. The third-order valence-electron chi connectivity index (χ3n) is 2.27. The van der Waals surface area contributed by atoms with Crippen LogP contribution in [-0.2, 0) is 0 Å². The van der Waals surface area contributed by atoms with Gasteiger partial charge in [0.25, 0.3) is 0 Å². The Balaban J connectivity index is 2.35. The van der Waals surface area contributed by atoms with Gasteiger partial charge in [0.1, 0.15) is 10.7 Å². The van der Waals surface area contributed by atoms with Crippen LogP contribution in [0.25, 0.3) is 0 Å². The van der Waals surface area contributed by atoms with Crippen LogP contribution in [0.5, 0.6) is 11.6 Å². The van der Waals surface area contributed by atoms with E-state index in [1.54, 1.807) is 18.2 Å². The Morgan fingerprint density at radius 1 is 1.33 bits per heavy atom. The molecular formula is C13H11ClN2OS. The van der Waals surface area contributed by atoms with Gasteiger partial charge in [-0.2, -0.15) is 0 Å². The maximum atomic E-state index is 6.01. The highest BCUT2D eigenvalue weighted by Crippen LogP contribution is 2.28. The summed E-state index contributed by atoms with van der Waals surface area (Å²) in [6.07, 6.45) is 0. The van der Waals surface area contributed by atoms with E-state index in [1.807, 2.05) is 25.1 Å². The zero-order valence-corrected chi connectivity index (χ0v) is 11.3. The van der Waals surface area contributed by atoms with Crippen LogP contribution in [0.4, 0.5) is 0 Å². The Morgan fingerprint density at radius 2 is 2.06 bits per heavy atom. The van der Waals surface area contributed by atoms with Crippen LogP contribution in [0, 0.1) is 6.92 Å². The largest absolute Gasteiger partial charge is 0.437 e. The van der Waals surface area contributed by atoms with E-state index < -0.39 is 0 Å². The number of ether oxygens (including phenoxy) is 1. The minimum Gasteiger partial charge on any atom is -0.437 e. The number of hydrogen-bond donors (Lipinski definition) is 1. The van der Waals surface area contributed by atoms with Gasteiger partial charge in [-0.05, 0) is 25.1 Å². The molecule has 0 bridgehead atoms. The first-order valence-corrected chi connectivity index (χ1v) is 6.06. The van der Waals surface area contributed by atoms with E-state index in [0.717, 1.165) is 11.3 Å².